The standard InChI is InChI=1S/C23H25F3N2O/c1-27(15-16-8-2-5-11-21(16)28-12-6-7-13-28)22(29)19-14-18(19)17-9-3-4-10-20(17)23(24,25)26/h2-5,8-11,18-19H,6-7,12-15H2,1H3. The SMILES string of the molecule is CN(Cc1ccccc1N1CCCC1)C(=O)C1CC1c1ccccc1C(F)(F)F. The Morgan fingerprint density at radius 2 is 1.72 bits per heavy atom. The molecule has 2 unspecified atom stereocenters. The highest BCUT2D eigenvalue weighted by molar-refractivity contribution is 5.83. The molecule has 1 amide bonds. The van der Waals surface area contributed by atoms with Crippen molar-refractivity contribution in [2.45, 2.75) is 37.9 Å². The number of carbonyl (C=O) groups excluding carboxylic acids is 1. The van der Waals surface area contributed by atoms with Crippen LogP contribution in [0.2, 0.25) is 0 Å². The number of benzene rings is 2. The van der Waals surface area contributed by atoms with Crippen molar-refractivity contribution >= 4 is 11.6 Å². The van der Waals surface area contributed by atoms with E-state index in [9.17, 15) is 18.0 Å². The molecule has 0 aromatic heterocycles. The van der Waals surface area contributed by atoms with Crippen molar-refractivity contribution in [1.82, 2.24) is 4.90 Å². The molecule has 0 radical (unpaired) electrons. The summed E-state index contributed by atoms with van der Waals surface area (Å²) in [5.41, 5.74) is 1.85. The Morgan fingerprint density at radius 3 is 2.45 bits per heavy atom. The maximum Gasteiger partial charge on any atom is 0.416 e. The first-order valence-electron chi connectivity index (χ1n) is 10.1. The molecule has 2 aliphatic rings. The van der Waals surface area contributed by atoms with Gasteiger partial charge in [-0.15, -0.1) is 0 Å². The molecule has 6 heteroatoms. The summed E-state index contributed by atoms with van der Waals surface area (Å²) < 4.78 is 39.9. The van der Waals surface area contributed by atoms with Gasteiger partial charge in [0.2, 0.25) is 5.91 Å². The first-order valence-corrected chi connectivity index (χ1v) is 10.1. The molecular formula is C23H25F3N2O. The molecule has 29 heavy (non-hydrogen) atoms. The number of rotatable bonds is 5. The first-order chi connectivity index (χ1) is 13.9. The van der Waals surface area contributed by atoms with Crippen LogP contribution in [-0.4, -0.2) is 30.9 Å². The van der Waals surface area contributed by atoms with Crippen molar-refractivity contribution in [2.75, 3.05) is 25.0 Å². The number of carbonyl (C=O) groups is 1. The van der Waals surface area contributed by atoms with Gasteiger partial charge in [0, 0.05) is 38.3 Å². The van der Waals surface area contributed by atoms with E-state index in [1.165, 1.54) is 25.0 Å². The second kappa shape index (κ2) is 7.73. The Labute approximate surface area is 169 Å². The third-order valence-corrected chi connectivity index (χ3v) is 6.00. The predicted octanol–water partition coefficient (Wildman–Crippen LogP) is 5.07. The summed E-state index contributed by atoms with van der Waals surface area (Å²) in [5.74, 6) is -0.803. The second-order valence-electron chi connectivity index (χ2n) is 8.05. The highest BCUT2D eigenvalue weighted by Gasteiger charge is 2.48. The van der Waals surface area contributed by atoms with Crippen molar-refractivity contribution < 1.29 is 18.0 Å². The number of amides is 1. The van der Waals surface area contributed by atoms with E-state index in [0.717, 1.165) is 30.4 Å². The Hall–Kier alpha value is -2.50. The molecule has 1 aliphatic heterocycles. The van der Waals surface area contributed by atoms with E-state index in [4.69, 9.17) is 0 Å². The largest absolute Gasteiger partial charge is 0.416 e. The maximum absolute atomic E-state index is 13.3. The number of nitrogens with zero attached hydrogens (tertiary/aromatic N) is 2. The zero-order chi connectivity index (χ0) is 20.6. The van der Waals surface area contributed by atoms with Crippen LogP contribution in [0.25, 0.3) is 0 Å². The fourth-order valence-corrected chi connectivity index (χ4v) is 4.42. The molecule has 4 rings (SSSR count). The quantitative estimate of drug-likeness (QED) is 0.697. The highest BCUT2D eigenvalue weighted by Crippen LogP contribution is 2.51. The van der Waals surface area contributed by atoms with Crippen molar-refractivity contribution in [3.05, 3.63) is 65.2 Å². The molecule has 2 aromatic carbocycles. The van der Waals surface area contributed by atoms with Gasteiger partial charge in [0.15, 0.2) is 0 Å². The van der Waals surface area contributed by atoms with Crippen molar-refractivity contribution in [3.8, 4) is 0 Å². The van der Waals surface area contributed by atoms with Crippen LogP contribution in [0.1, 0.15) is 41.9 Å². The summed E-state index contributed by atoms with van der Waals surface area (Å²) in [4.78, 5) is 16.9. The van der Waals surface area contributed by atoms with Gasteiger partial charge in [-0.25, -0.2) is 0 Å². The van der Waals surface area contributed by atoms with Gasteiger partial charge >= 0.3 is 6.18 Å². The van der Waals surface area contributed by atoms with Gasteiger partial charge < -0.3 is 9.80 Å². The molecule has 2 aromatic rings. The van der Waals surface area contributed by atoms with Gasteiger partial charge in [0.05, 0.1) is 5.56 Å². The molecule has 0 spiro atoms. The Kier molecular flexibility index (Phi) is 5.28. The average molecular weight is 402 g/mol. The zero-order valence-electron chi connectivity index (χ0n) is 16.5. The van der Waals surface area contributed by atoms with E-state index in [0.29, 0.717) is 13.0 Å². The summed E-state index contributed by atoms with van der Waals surface area (Å²) in [6.07, 6.45) is -1.58. The molecule has 3 nitrogen and oxygen atoms in total. The van der Waals surface area contributed by atoms with Crippen LogP contribution in [0.5, 0.6) is 0 Å². The van der Waals surface area contributed by atoms with Crippen molar-refractivity contribution in [1.29, 1.82) is 0 Å². The van der Waals surface area contributed by atoms with E-state index in [-0.39, 0.29) is 23.3 Å². The molecule has 2 atom stereocenters. The van der Waals surface area contributed by atoms with Gasteiger partial charge in [-0.3, -0.25) is 4.79 Å². The normalized spacial score (nSPS) is 21.3. The minimum absolute atomic E-state index is 0.0804. The number of anilines is 1. The van der Waals surface area contributed by atoms with E-state index < -0.39 is 11.7 Å². The van der Waals surface area contributed by atoms with Gasteiger partial charge in [-0.05, 0) is 48.4 Å². The van der Waals surface area contributed by atoms with Crippen LogP contribution in [0.3, 0.4) is 0 Å². The average Bonchev–Trinajstić information content (AvgIpc) is 3.31. The molecule has 0 N–H and O–H groups in total. The summed E-state index contributed by atoms with van der Waals surface area (Å²) >= 11 is 0. The molecule has 0 bridgehead atoms. The first kappa shape index (κ1) is 19.8. The lowest BCUT2D eigenvalue weighted by Gasteiger charge is -2.24. The summed E-state index contributed by atoms with van der Waals surface area (Å²) in [6, 6.07) is 13.7. The topological polar surface area (TPSA) is 23.6 Å². The highest BCUT2D eigenvalue weighted by atomic mass is 19.4. The Bertz CT molecular complexity index is 890. The lowest BCUT2D eigenvalue weighted by Crippen LogP contribution is -2.29. The molecular weight excluding hydrogens is 377 g/mol. The summed E-state index contributed by atoms with van der Waals surface area (Å²) in [7, 11) is 1.74. The summed E-state index contributed by atoms with van der Waals surface area (Å²) in [6.45, 7) is 2.51. The predicted molar refractivity (Wildman–Crippen MR) is 107 cm³/mol. The third-order valence-electron chi connectivity index (χ3n) is 6.00. The van der Waals surface area contributed by atoms with E-state index in [1.807, 2.05) is 18.2 Å². The zero-order valence-corrected chi connectivity index (χ0v) is 16.5. The Balaban J connectivity index is 1.46. The van der Waals surface area contributed by atoms with Crippen LogP contribution < -0.4 is 4.90 Å². The molecule has 1 heterocycles. The minimum Gasteiger partial charge on any atom is -0.371 e. The molecule has 1 aliphatic carbocycles. The Morgan fingerprint density at radius 1 is 1.07 bits per heavy atom. The number of para-hydroxylation sites is 1. The van der Waals surface area contributed by atoms with E-state index in [1.54, 1.807) is 18.0 Å². The van der Waals surface area contributed by atoms with Crippen LogP contribution in [0.4, 0.5) is 18.9 Å². The molecule has 1 saturated heterocycles. The summed E-state index contributed by atoms with van der Waals surface area (Å²) in [5, 5.41) is 0. The van der Waals surface area contributed by atoms with Gasteiger partial charge in [0.25, 0.3) is 0 Å². The lowest BCUT2D eigenvalue weighted by molar-refractivity contribution is -0.138. The van der Waals surface area contributed by atoms with Gasteiger partial charge in [0.1, 0.15) is 0 Å². The van der Waals surface area contributed by atoms with Gasteiger partial charge in [-0.1, -0.05) is 36.4 Å². The second-order valence-corrected chi connectivity index (χ2v) is 8.05. The fourth-order valence-electron chi connectivity index (χ4n) is 4.42. The van der Waals surface area contributed by atoms with Crippen LogP contribution >= 0.6 is 0 Å². The molecule has 1 saturated carbocycles. The molecule has 154 valence electrons. The smallest absolute Gasteiger partial charge is 0.371 e. The number of hydrogen-bond acceptors (Lipinski definition) is 2. The van der Waals surface area contributed by atoms with Crippen LogP contribution in [-0.2, 0) is 17.5 Å². The lowest BCUT2D eigenvalue weighted by atomic mass is 10.0. The van der Waals surface area contributed by atoms with Crippen molar-refractivity contribution in [2.24, 2.45) is 5.92 Å². The minimum atomic E-state index is -4.40. The van der Waals surface area contributed by atoms with Crippen LogP contribution in [0, 0.1) is 5.92 Å². The number of halogens is 3. The van der Waals surface area contributed by atoms with E-state index in [2.05, 4.69) is 11.0 Å². The van der Waals surface area contributed by atoms with Gasteiger partial charge in [-0.2, -0.15) is 13.2 Å². The fraction of sp³-hybridized carbons (Fsp3) is 0.435. The molecule has 2 fully saturated rings. The van der Waals surface area contributed by atoms with Crippen molar-refractivity contribution in [3.63, 3.8) is 0 Å². The number of alkyl halides is 3. The monoisotopic (exact) mass is 402 g/mol. The number of hydrogen-bond donors (Lipinski definition) is 0. The van der Waals surface area contributed by atoms with E-state index >= 15 is 0 Å². The van der Waals surface area contributed by atoms with Crippen LogP contribution in [0.15, 0.2) is 48.5 Å². The third kappa shape index (κ3) is 4.11. The maximum atomic E-state index is 13.3.